The average Bonchev–Trinajstić information content (AvgIpc) is 3.24. The van der Waals surface area contributed by atoms with E-state index in [0.29, 0.717) is 27.2 Å². The normalized spacial score (nSPS) is 12.7. The van der Waals surface area contributed by atoms with E-state index in [0.717, 1.165) is 15.4 Å². The number of carbonyl (C=O) groups is 1. The molecule has 34 heavy (non-hydrogen) atoms. The van der Waals surface area contributed by atoms with Gasteiger partial charge in [0.15, 0.2) is 11.5 Å². The number of ether oxygens (including phenoxy) is 2. The number of carbonyl (C=O) groups excluding carboxylic acids is 1. The van der Waals surface area contributed by atoms with Crippen molar-refractivity contribution in [2.75, 3.05) is 17.6 Å². The molecule has 3 aromatic rings. The molecule has 0 saturated carbocycles. The van der Waals surface area contributed by atoms with Crippen LogP contribution in [0.15, 0.2) is 75.1 Å². The number of halogens is 1. The minimum atomic E-state index is -3.99. The lowest BCUT2D eigenvalue weighted by molar-refractivity contribution is -0.119. The van der Waals surface area contributed by atoms with E-state index in [1.807, 2.05) is 19.9 Å². The lowest BCUT2D eigenvalue weighted by atomic mass is 10.1. The average molecular weight is 544 g/mol. The molecule has 4 rings (SSSR count). The summed E-state index contributed by atoms with van der Waals surface area (Å²) in [5.74, 6) is 0.598. The fraction of sp³-hybridized carbons (Fsp3) is 0.167. The second-order valence-electron chi connectivity index (χ2n) is 7.69. The first-order valence-electron chi connectivity index (χ1n) is 10.3. The molecule has 0 fully saturated rings. The molecule has 10 heteroatoms. The van der Waals surface area contributed by atoms with Gasteiger partial charge in [-0.05, 0) is 77.3 Å². The fourth-order valence-electron chi connectivity index (χ4n) is 3.50. The number of hydrogen-bond acceptors (Lipinski definition) is 6. The Hall–Kier alpha value is -3.37. The minimum absolute atomic E-state index is 0.0924. The zero-order valence-corrected chi connectivity index (χ0v) is 20.9. The molecule has 0 aromatic heterocycles. The summed E-state index contributed by atoms with van der Waals surface area (Å²) in [6.45, 7) is 3.44. The maximum atomic E-state index is 13.4. The maximum absolute atomic E-state index is 13.4. The third kappa shape index (κ3) is 5.23. The summed E-state index contributed by atoms with van der Waals surface area (Å²) >= 11 is 3.43. The number of anilines is 1. The van der Waals surface area contributed by atoms with Crippen LogP contribution in [0.5, 0.6) is 11.5 Å². The van der Waals surface area contributed by atoms with Gasteiger partial charge in [0.1, 0.15) is 6.54 Å². The summed E-state index contributed by atoms with van der Waals surface area (Å²) in [6.07, 6.45) is 1.44. The van der Waals surface area contributed by atoms with Crippen molar-refractivity contribution in [3.63, 3.8) is 0 Å². The monoisotopic (exact) mass is 543 g/mol. The van der Waals surface area contributed by atoms with Gasteiger partial charge in [-0.25, -0.2) is 13.8 Å². The molecule has 8 nitrogen and oxygen atoms in total. The van der Waals surface area contributed by atoms with Crippen LogP contribution in [0.3, 0.4) is 0 Å². The first kappa shape index (κ1) is 23.8. The predicted octanol–water partition coefficient (Wildman–Crippen LogP) is 4.14. The molecule has 0 aliphatic carbocycles. The van der Waals surface area contributed by atoms with E-state index in [1.165, 1.54) is 18.3 Å². The van der Waals surface area contributed by atoms with E-state index in [9.17, 15) is 13.2 Å². The number of aryl methyl sites for hydroxylation is 2. The van der Waals surface area contributed by atoms with E-state index < -0.39 is 22.5 Å². The molecule has 0 saturated heterocycles. The number of hydrogen-bond donors (Lipinski definition) is 1. The topological polar surface area (TPSA) is 97.3 Å². The van der Waals surface area contributed by atoms with Crippen LogP contribution in [0.1, 0.15) is 16.7 Å². The molecule has 1 N–H and O–H groups in total. The Balaban J connectivity index is 1.57. The summed E-state index contributed by atoms with van der Waals surface area (Å²) in [7, 11) is -3.99. The number of benzene rings is 3. The number of hydrazone groups is 1. The Morgan fingerprint density at radius 2 is 1.71 bits per heavy atom. The molecule has 0 bridgehead atoms. The van der Waals surface area contributed by atoms with Gasteiger partial charge >= 0.3 is 0 Å². The van der Waals surface area contributed by atoms with Crippen molar-refractivity contribution < 1.29 is 22.7 Å². The second kappa shape index (κ2) is 9.86. The summed E-state index contributed by atoms with van der Waals surface area (Å²) in [4.78, 5) is 12.8. The van der Waals surface area contributed by atoms with Gasteiger partial charge in [0.25, 0.3) is 15.9 Å². The fourth-order valence-corrected chi connectivity index (χ4v) is 5.35. The van der Waals surface area contributed by atoms with Gasteiger partial charge in [0.05, 0.1) is 16.8 Å². The smallest absolute Gasteiger partial charge is 0.264 e. The second-order valence-corrected chi connectivity index (χ2v) is 10.4. The third-order valence-corrected chi connectivity index (χ3v) is 7.47. The maximum Gasteiger partial charge on any atom is 0.264 e. The van der Waals surface area contributed by atoms with Crippen molar-refractivity contribution >= 4 is 43.8 Å². The lowest BCUT2D eigenvalue weighted by Crippen LogP contribution is -2.39. The van der Waals surface area contributed by atoms with Gasteiger partial charge in [-0.3, -0.25) is 9.10 Å². The van der Waals surface area contributed by atoms with Crippen LogP contribution in [-0.2, 0) is 14.8 Å². The number of amides is 1. The molecular weight excluding hydrogens is 522 g/mol. The van der Waals surface area contributed by atoms with Gasteiger partial charge in [0, 0.05) is 10.0 Å². The van der Waals surface area contributed by atoms with Crippen molar-refractivity contribution in [2.24, 2.45) is 5.10 Å². The standard InChI is InChI=1S/C24H22BrN3O5S/c1-16-8-17(2)10-19(9-16)28(34(30,31)20-6-4-3-5-7-20)14-24(29)27-26-13-18-11-22-23(12-21(18)25)33-15-32-22/h3-13H,14-15H2,1-2H3,(H,27,29)/b26-13-. The Morgan fingerprint density at radius 3 is 2.38 bits per heavy atom. The highest BCUT2D eigenvalue weighted by Gasteiger charge is 2.27. The van der Waals surface area contributed by atoms with Crippen molar-refractivity contribution in [3.05, 3.63) is 81.8 Å². The quantitative estimate of drug-likeness (QED) is 0.356. The third-order valence-electron chi connectivity index (χ3n) is 5.00. The number of rotatable bonds is 7. The predicted molar refractivity (Wildman–Crippen MR) is 133 cm³/mol. The summed E-state index contributed by atoms with van der Waals surface area (Å²) in [6, 6.07) is 16.9. The molecule has 1 amide bonds. The highest BCUT2D eigenvalue weighted by Crippen LogP contribution is 2.36. The highest BCUT2D eigenvalue weighted by atomic mass is 79.9. The molecule has 0 atom stereocenters. The molecule has 3 aromatic carbocycles. The van der Waals surface area contributed by atoms with E-state index in [4.69, 9.17) is 9.47 Å². The molecule has 0 radical (unpaired) electrons. The SMILES string of the molecule is Cc1cc(C)cc(N(CC(=O)N/N=C\c2cc3c(cc2Br)OCO3)S(=O)(=O)c2ccccc2)c1. The largest absolute Gasteiger partial charge is 0.454 e. The molecule has 1 aliphatic heterocycles. The van der Waals surface area contributed by atoms with Crippen LogP contribution in [0.25, 0.3) is 0 Å². The Kier molecular flexibility index (Phi) is 6.90. The van der Waals surface area contributed by atoms with Crippen molar-refractivity contribution in [1.29, 1.82) is 0 Å². The number of sulfonamides is 1. The molecule has 1 aliphatic rings. The van der Waals surface area contributed by atoms with Crippen LogP contribution in [0, 0.1) is 13.8 Å². The van der Waals surface area contributed by atoms with Gasteiger partial charge < -0.3 is 9.47 Å². The van der Waals surface area contributed by atoms with E-state index >= 15 is 0 Å². The first-order chi connectivity index (χ1) is 16.2. The van der Waals surface area contributed by atoms with Crippen LogP contribution in [-0.4, -0.2) is 33.9 Å². The lowest BCUT2D eigenvalue weighted by Gasteiger charge is -2.24. The van der Waals surface area contributed by atoms with Crippen molar-refractivity contribution in [2.45, 2.75) is 18.7 Å². The number of nitrogens with zero attached hydrogens (tertiary/aromatic N) is 2. The minimum Gasteiger partial charge on any atom is -0.454 e. The van der Waals surface area contributed by atoms with Crippen LogP contribution in [0.2, 0.25) is 0 Å². The molecule has 0 spiro atoms. The van der Waals surface area contributed by atoms with E-state index in [1.54, 1.807) is 42.5 Å². The van der Waals surface area contributed by atoms with Gasteiger partial charge in [0.2, 0.25) is 6.79 Å². The summed E-state index contributed by atoms with van der Waals surface area (Å²) in [5, 5.41) is 3.99. The molecular formula is C24H22BrN3O5S. The zero-order valence-electron chi connectivity index (χ0n) is 18.5. The van der Waals surface area contributed by atoms with Crippen molar-refractivity contribution in [3.8, 4) is 11.5 Å². The number of nitrogens with one attached hydrogen (secondary N) is 1. The van der Waals surface area contributed by atoms with Crippen LogP contribution >= 0.6 is 15.9 Å². The van der Waals surface area contributed by atoms with E-state index in [2.05, 4.69) is 26.5 Å². The van der Waals surface area contributed by atoms with Crippen LogP contribution in [0.4, 0.5) is 5.69 Å². The molecule has 0 unspecified atom stereocenters. The zero-order chi connectivity index (χ0) is 24.3. The molecule has 1 heterocycles. The highest BCUT2D eigenvalue weighted by molar-refractivity contribution is 9.10. The van der Waals surface area contributed by atoms with Crippen molar-refractivity contribution in [1.82, 2.24) is 5.43 Å². The summed E-state index contributed by atoms with van der Waals surface area (Å²) < 4.78 is 39.3. The first-order valence-corrected chi connectivity index (χ1v) is 12.5. The Morgan fingerprint density at radius 1 is 1.06 bits per heavy atom. The summed E-state index contributed by atoms with van der Waals surface area (Å²) in [5.41, 5.74) is 5.24. The van der Waals surface area contributed by atoms with Gasteiger partial charge in [-0.15, -0.1) is 0 Å². The van der Waals surface area contributed by atoms with Gasteiger partial charge in [-0.2, -0.15) is 5.10 Å². The van der Waals surface area contributed by atoms with E-state index in [-0.39, 0.29) is 11.7 Å². The number of fused-ring (bicyclic) bond motifs is 1. The van der Waals surface area contributed by atoms with Gasteiger partial charge in [-0.1, -0.05) is 24.3 Å². The Labute approximate surface area is 206 Å². The Bertz CT molecular complexity index is 1340. The molecule has 176 valence electrons. The van der Waals surface area contributed by atoms with Crippen LogP contribution < -0.4 is 19.2 Å².